The summed E-state index contributed by atoms with van der Waals surface area (Å²) in [7, 11) is 0. The molecule has 0 aromatic rings. The number of hydrogen-bond acceptors (Lipinski definition) is 4. The van der Waals surface area contributed by atoms with E-state index in [1.54, 1.807) is 0 Å². The molecule has 1 heterocycles. The minimum absolute atomic E-state index is 0.119. The Kier molecular flexibility index (Phi) is 2.78. The van der Waals surface area contributed by atoms with Gasteiger partial charge in [-0.3, -0.25) is 0 Å². The van der Waals surface area contributed by atoms with Crippen LogP contribution >= 0.6 is 0 Å². The second kappa shape index (κ2) is 3.44. The first-order valence-corrected chi connectivity index (χ1v) is 3.56. The molecule has 4 nitrogen and oxygen atoms in total. The normalized spacial score (nSPS) is 45.8. The Morgan fingerprint density at radius 1 is 1.64 bits per heavy atom. The lowest BCUT2D eigenvalue weighted by molar-refractivity contribution is -0.116. The molecule has 1 saturated heterocycles. The van der Waals surface area contributed by atoms with E-state index in [9.17, 15) is 4.39 Å². The molecule has 4 atom stereocenters. The van der Waals surface area contributed by atoms with Crippen molar-refractivity contribution in [2.75, 3.05) is 13.2 Å². The van der Waals surface area contributed by atoms with E-state index >= 15 is 0 Å². The average Bonchev–Trinajstić information content (AvgIpc) is 2.01. The zero-order chi connectivity index (χ0) is 8.43. The summed E-state index contributed by atoms with van der Waals surface area (Å²) in [6.45, 7) is 0.244. The summed E-state index contributed by atoms with van der Waals surface area (Å²) in [5.74, 6) is 0. The maximum atomic E-state index is 12.9. The number of ether oxygens (including phenoxy) is 1. The van der Waals surface area contributed by atoms with Crippen molar-refractivity contribution in [1.82, 2.24) is 0 Å². The Morgan fingerprint density at radius 2 is 2.27 bits per heavy atom. The van der Waals surface area contributed by atoms with Crippen LogP contribution < -0.4 is 11.5 Å². The lowest BCUT2D eigenvalue weighted by Crippen LogP contribution is -2.56. The van der Waals surface area contributed by atoms with Gasteiger partial charge in [0.2, 0.25) is 0 Å². The lowest BCUT2D eigenvalue weighted by Gasteiger charge is -2.33. The number of aliphatic hydroxyl groups is 1. The maximum absolute atomic E-state index is 12.9. The highest BCUT2D eigenvalue weighted by atomic mass is 19.1. The Labute approximate surface area is 64.3 Å². The van der Waals surface area contributed by atoms with Gasteiger partial charge in [-0.2, -0.15) is 0 Å². The second-order valence-corrected chi connectivity index (χ2v) is 2.71. The molecule has 0 bridgehead atoms. The summed E-state index contributed by atoms with van der Waals surface area (Å²) < 4.78 is 17.9. The number of nitrogens with two attached hydrogens (primary N) is 2. The van der Waals surface area contributed by atoms with Gasteiger partial charge in [0.15, 0.2) is 0 Å². The minimum Gasteiger partial charge on any atom is -0.387 e. The van der Waals surface area contributed by atoms with E-state index in [2.05, 4.69) is 0 Å². The van der Waals surface area contributed by atoms with Crippen LogP contribution in [0.5, 0.6) is 0 Å². The zero-order valence-electron chi connectivity index (χ0n) is 6.11. The van der Waals surface area contributed by atoms with Crippen molar-refractivity contribution in [1.29, 1.82) is 0 Å². The van der Waals surface area contributed by atoms with E-state index in [1.807, 2.05) is 0 Å². The van der Waals surface area contributed by atoms with Crippen molar-refractivity contribution >= 4 is 0 Å². The summed E-state index contributed by atoms with van der Waals surface area (Å²) in [6, 6.07) is -0.729. The average molecular weight is 164 g/mol. The first-order valence-electron chi connectivity index (χ1n) is 3.56. The predicted octanol–water partition coefficient (Wildman–Crippen LogP) is -1.63. The zero-order valence-corrected chi connectivity index (χ0v) is 6.11. The minimum atomic E-state index is -1.42. The van der Waals surface area contributed by atoms with E-state index < -0.39 is 24.4 Å². The molecular formula is C6H13FN2O2. The summed E-state index contributed by atoms with van der Waals surface area (Å²) in [6.07, 6.45) is -3.20. The fraction of sp³-hybridized carbons (Fsp3) is 1.00. The molecule has 0 radical (unpaired) electrons. The summed E-state index contributed by atoms with van der Waals surface area (Å²) in [4.78, 5) is 0. The van der Waals surface area contributed by atoms with E-state index in [1.165, 1.54) is 0 Å². The third-order valence-corrected chi connectivity index (χ3v) is 1.85. The van der Waals surface area contributed by atoms with E-state index in [-0.39, 0.29) is 13.2 Å². The van der Waals surface area contributed by atoms with Crippen molar-refractivity contribution in [3.63, 3.8) is 0 Å². The van der Waals surface area contributed by atoms with Gasteiger partial charge in [0.1, 0.15) is 12.3 Å². The summed E-state index contributed by atoms with van der Waals surface area (Å²) in [5, 5.41) is 9.15. The van der Waals surface area contributed by atoms with Crippen LogP contribution in [0, 0.1) is 0 Å². The molecule has 0 amide bonds. The van der Waals surface area contributed by atoms with Crippen LogP contribution in [-0.2, 0) is 4.74 Å². The Bertz CT molecular complexity index is 134. The van der Waals surface area contributed by atoms with Gasteiger partial charge in [0, 0.05) is 6.54 Å². The van der Waals surface area contributed by atoms with Gasteiger partial charge in [0.05, 0.1) is 18.8 Å². The number of halogens is 1. The van der Waals surface area contributed by atoms with Crippen LogP contribution in [0.4, 0.5) is 4.39 Å². The van der Waals surface area contributed by atoms with Crippen LogP contribution in [0.1, 0.15) is 0 Å². The van der Waals surface area contributed by atoms with Crippen LogP contribution in [0.3, 0.4) is 0 Å². The van der Waals surface area contributed by atoms with Crippen LogP contribution in [0.2, 0.25) is 0 Å². The predicted molar refractivity (Wildman–Crippen MR) is 37.7 cm³/mol. The molecule has 0 aromatic heterocycles. The van der Waals surface area contributed by atoms with E-state index in [4.69, 9.17) is 21.3 Å². The summed E-state index contributed by atoms with van der Waals surface area (Å²) >= 11 is 0. The van der Waals surface area contributed by atoms with E-state index in [0.717, 1.165) is 0 Å². The van der Waals surface area contributed by atoms with Crippen molar-refractivity contribution < 1.29 is 14.2 Å². The molecule has 66 valence electrons. The number of rotatable bonds is 1. The standard InChI is InChI=1S/C6H13FN2O2/c7-5-3(9)2-11-4(1-8)6(5)10/h3-6,10H,1-2,8-9H2. The summed E-state index contributed by atoms with van der Waals surface area (Å²) in [5.41, 5.74) is 10.5. The monoisotopic (exact) mass is 164 g/mol. The highest BCUT2D eigenvalue weighted by Crippen LogP contribution is 2.15. The molecule has 1 aliphatic heterocycles. The van der Waals surface area contributed by atoms with Crippen LogP contribution in [0.15, 0.2) is 0 Å². The van der Waals surface area contributed by atoms with Crippen molar-refractivity contribution in [2.24, 2.45) is 11.5 Å². The highest BCUT2D eigenvalue weighted by Gasteiger charge is 2.36. The number of alkyl halides is 1. The molecule has 0 aliphatic carbocycles. The van der Waals surface area contributed by atoms with E-state index in [0.29, 0.717) is 0 Å². The van der Waals surface area contributed by atoms with Gasteiger partial charge >= 0.3 is 0 Å². The Morgan fingerprint density at radius 3 is 2.82 bits per heavy atom. The molecule has 1 aliphatic rings. The third kappa shape index (κ3) is 1.67. The molecule has 5 heteroatoms. The van der Waals surface area contributed by atoms with Gasteiger partial charge in [-0.25, -0.2) is 4.39 Å². The molecule has 0 saturated carbocycles. The molecule has 4 unspecified atom stereocenters. The van der Waals surface area contributed by atoms with Crippen LogP contribution in [0.25, 0.3) is 0 Å². The molecule has 1 rings (SSSR count). The number of hydrogen-bond donors (Lipinski definition) is 3. The van der Waals surface area contributed by atoms with Crippen molar-refractivity contribution in [2.45, 2.75) is 24.4 Å². The van der Waals surface area contributed by atoms with Gasteiger partial charge in [0.25, 0.3) is 0 Å². The first kappa shape index (κ1) is 8.86. The quantitative estimate of drug-likeness (QED) is 0.434. The smallest absolute Gasteiger partial charge is 0.146 e. The highest BCUT2D eigenvalue weighted by molar-refractivity contribution is 4.89. The SMILES string of the molecule is NCC1OCC(N)C(F)C1O. The fourth-order valence-electron chi connectivity index (χ4n) is 1.09. The Balaban J connectivity index is 2.52. The number of aliphatic hydroxyl groups excluding tert-OH is 1. The fourth-order valence-corrected chi connectivity index (χ4v) is 1.09. The molecule has 0 spiro atoms. The molecule has 5 N–H and O–H groups in total. The van der Waals surface area contributed by atoms with Gasteiger partial charge in [-0.05, 0) is 0 Å². The van der Waals surface area contributed by atoms with Gasteiger partial charge < -0.3 is 21.3 Å². The topological polar surface area (TPSA) is 81.5 Å². The second-order valence-electron chi connectivity index (χ2n) is 2.71. The Hall–Kier alpha value is -0.230. The molecule has 11 heavy (non-hydrogen) atoms. The largest absolute Gasteiger partial charge is 0.387 e. The van der Waals surface area contributed by atoms with Gasteiger partial charge in [-0.1, -0.05) is 0 Å². The third-order valence-electron chi connectivity index (χ3n) is 1.85. The van der Waals surface area contributed by atoms with Gasteiger partial charge in [-0.15, -0.1) is 0 Å². The van der Waals surface area contributed by atoms with Crippen LogP contribution in [-0.4, -0.2) is 42.7 Å². The molecular weight excluding hydrogens is 151 g/mol. The molecule has 0 aromatic carbocycles. The maximum Gasteiger partial charge on any atom is 0.146 e. The molecule has 1 fully saturated rings. The van der Waals surface area contributed by atoms with Crippen molar-refractivity contribution in [3.8, 4) is 0 Å². The first-order chi connectivity index (χ1) is 5.16. The lowest BCUT2D eigenvalue weighted by atomic mass is 10.0. The van der Waals surface area contributed by atoms with Crippen molar-refractivity contribution in [3.05, 3.63) is 0 Å².